The molecule has 0 aliphatic rings. The fourth-order valence-corrected chi connectivity index (χ4v) is 1.99. The van der Waals surface area contributed by atoms with Gasteiger partial charge in [-0.3, -0.25) is 5.43 Å². The molecule has 0 aliphatic heterocycles. The normalized spacial score (nSPS) is 11.6. The second kappa shape index (κ2) is 7.69. The minimum Gasteiger partial charge on any atom is -0.508 e. The lowest BCUT2D eigenvalue weighted by molar-refractivity contribution is 0.475. The largest absolute Gasteiger partial charge is 0.508 e. The van der Waals surface area contributed by atoms with Gasteiger partial charge in [0.1, 0.15) is 5.75 Å². The van der Waals surface area contributed by atoms with Gasteiger partial charge in [-0.1, -0.05) is 48.5 Å². The predicted octanol–water partition coefficient (Wildman–Crippen LogP) is 4.95. The number of nitrogens with one attached hydrogen (secondary N) is 1. The molecule has 24 heavy (non-hydrogen) atoms. The van der Waals surface area contributed by atoms with Crippen molar-refractivity contribution in [1.29, 1.82) is 0 Å². The van der Waals surface area contributed by atoms with E-state index in [1.807, 2.05) is 60.7 Å². The Morgan fingerprint density at radius 1 is 0.750 bits per heavy atom. The van der Waals surface area contributed by atoms with Crippen LogP contribution in [0.4, 0.5) is 11.4 Å². The van der Waals surface area contributed by atoms with Crippen LogP contribution in [0.1, 0.15) is 5.56 Å². The molecule has 0 aliphatic carbocycles. The number of aromatic hydroxyl groups is 1. The van der Waals surface area contributed by atoms with E-state index in [-0.39, 0.29) is 5.75 Å². The minimum absolute atomic E-state index is 0.191. The summed E-state index contributed by atoms with van der Waals surface area (Å²) in [5.74, 6) is 0.657. The molecule has 0 saturated heterocycles. The Kier molecular flexibility index (Phi) is 4.94. The lowest BCUT2D eigenvalue weighted by atomic mass is 10.2. The van der Waals surface area contributed by atoms with Gasteiger partial charge in [-0.05, 0) is 36.4 Å². The third-order valence-corrected chi connectivity index (χ3v) is 3.21. The van der Waals surface area contributed by atoms with Crippen LogP contribution in [-0.4, -0.2) is 10.9 Å². The molecule has 0 amide bonds. The Morgan fingerprint density at radius 3 is 2.04 bits per heavy atom. The van der Waals surface area contributed by atoms with Crippen LogP contribution in [0.15, 0.2) is 100 Å². The highest BCUT2D eigenvalue weighted by Crippen LogP contribution is 2.17. The molecule has 5 heteroatoms. The van der Waals surface area contributed by atoms with Crippen molar-refractivity contribution in [2.75, 3.05) is 5.43 Å². The minimum atomic E-state index is 0.191. The zero-order chi connectivity index (χ0) is 16.6. The van der Waals surface area contributed by atoms with Gasteiger partial charge < -0.3 is 5.11 Å². The number of amidine groups is 1. The quantitative estimate of drug-likeness (QED) is 0.309. The molecule has 3 aromatic rings. The summed E-state index contributed by atoms with van der Waals surface area (Å²) in [5, 5.41) is 22.1. The lowest BCUT2D eigenvalue weighted by Crippen LogP contribution is -2.00. The first-order valence-corrected chi connectivity index (χ1v) is 7.46. The third-order valence-electron chi connectivity index (χ3n) is 3.21. The number of para-hydroxylation sites is 1. The SMILES string of the molecule is Oc1ccc(N=N/C(=N/Nc2ccccc2)c2ccccc2)cc1. The van der Waals surface area contributed by atoms with Crippen molar-refractivity contribution in [2.24, 2.45) is 15.3 Å². The van der Waals surface area contributed by atoms with E-state index in [0.717, 1.165) is 11.3 Å². The first-order chi connectivity index (χ1) is 11.8. The van der Waals surface area contributed by atoms with E-state index in [0.29, 0.717) is 11.5 Å². The number of anilines is 1. The van der Waals surface area contributed by atoms with E-state index in [1.165, 1.54) is 0 Å². The standard InChI is InChI=1S/C19H16N4O/c24-18-13-11-17(12-14-18)21-23-19(15-7-3-1-4-8-15)22-20-16-9-5-2-6-10-16/h1-14,20,24H/b22-19+,23-21?. The summed E-state index contributed by atoms with van der Waals surface area (Å²) >= 11 is 0. The molecule has 0 fully saturated rings. The van der Waals surface area contributed by atoms with Crippen molar-refractivity contribution in [3.05, 3.63) is 90.5 Å². The van der Waals surface area contributed by atoms with Gasteiger partial charge in [-0.15, -0.1) is 10.2 Å². The number of phenolic OH excluding ortho intramolecular Hbond substituents is 1. The zero-order valence-electron chi connectivity index (χ0n) is 12.9. The highest BCUT2D eigenvalue weighted by Gasteiger charge is 2.02. The second-order valence-corrected chi connectivity index (χ2v) is 5.00. The Balaban J connectivity index is 1.86. The van der Waals surface area contributed by atoms with E-state index in [1.54, 1.807) is 24.3 Å². The predicted molar refractivity (Wildman–Crippen MR) is 95.7 cm³/mol. The average molecular weight is 316 g/mol. The summed E-state index contributed by atoms with van der Waals surface area (Å²) in [6, 6.07) is 25.8. The summed E-state index contributed by atoms with van der Waals surface area (Å²) < 4.78 is 0. The maximum absolute atomic E-state index is 9.32. The van der Waals surface area contributed by atoms with Gasteiger partial charge in [-0.25, -0.2) is 0 Å². The lowest BCUT2D eigenvalue weighted by Gasteiger charge is -2.03. The number of azo groups is 1. The van der Waals surface area contributed by atoms with Crippen molar-refractivity contribution < 1.29 is 5.11 Å². The smallest absolute Gasteiger partial charge is 0.201 e. The number of hydrogen-bond acceptors (Lipinski definition) is 4. The van der Waals surface area contributed by atoms with Gasteiger partial charge in [0.15, 0.2) is 0 Å². The highest BCUT2D eigenvalue weighted by atomic mass is 16.3. The molecule has 5 nitrogen and oxygen atoms in total. The molecular weight excluding hydrogens is 300 g/mol. The number of phenols is 1. The van der Waals surface area contributed by atoms with Gasteiger partial charge in [0, 0.05) is 5.56 Å². The van der Waals surface area contributed by atoms with E-state index in [9.17, 15) is 5.11 Å². The van der Waals surface area contributed by atoms with Gasteiger partial charge in [0.25, 0.3) is 0 Å². The second-order valence-electron chi connectivity index (χ2n) is 5.00. The van der Waals surface area contributed by atoms with Crippen molar-refractivity contribution in [1.82, 2.24) is 0 Å². The first kappa shape index (κ1) is 15.4. The van der Waals surface area contributed by atoms with Gasteiger partial charge in [-0.2, -0.15) is 5.10 Å². The Labute approximate surface area is 140 Å². The van der Waals surface area contributed by atoms with Gasteiger partial charge in [0.2, 0.25) is 5.84 Å². The molecule has 3 aromatic carbocycles. The Bertz CT molecular complexity index is 828. The van der Waals surface area contributed by atoms with E-state index >= 15 is 0 Å². The maximum Gasteiger partial charge on any atom is 0.201 e. The summed E-state index contributed by atoms with van der Waals surface area (Å²) in [7, 11) is 0. The molecule has 2 N–H and O–H groups in total. The molecule has 0 atom stereocenters. The summed E-state index contributed by atoms with van der Waals surface area (Å²) in [6.45, 7) is 0. The topological polar surface area (TPSA) is 69.3 Å². The molecule has 0 aromatic heterocycles. The fourth-order valence-electron chi connectivity index (χ4n) is 1.99. The van der Waals surface area contributed by atoms with E-state index < -0.39 is 0 Å². The molecule has 0 spiro atoms. The maximum atomic E-state index is 9.32. The van der Waals surface area contributed by atoms with Crippen molar-refractivity contribution in [3.8, 4) is 5.75 Å². The Morgan fingerprint density at radius 2 is 1.38 bits per heavy atom. The van der Waals surface area contributed by atoms with Crippen LogP contribution >= 0.6 is 0 Å². The van der Waals surface area contributed by atoms with Gasteiger partial charge >= 0.3 is 0 Å². The van der Waals surface area contributed by atoms with Crippen LogP contribution in [0.5, 0.6) is 5.75 Å². The molecule has 0 heterocycles. The third kappa shape index (κ3) is 4.27. The van der Waals surface area contributed by atoms with Crippen molar-refractivity contribution >= 4 is 17.2 Å². The van der Waals surface area contributed by atoms with Gasteiger partial charge in [0.05, 0.1) is 11.4 Å². The molecule has 118 valence electrons. The van der Waals surface area contributed by atoms with Crippen LogP contribution < -0.4 is 5.43 Å². The van der Waals surface area contributed by atoms with E-state index in [2.05, 4.69) is 20.8 Å². The summed E-state index contributed by atoms with van der Waals surface area (Å²) in [6.07, 6.45) is 0. The van der Waals surface area contributed by atoms with Crippen molar-refractivity contribution in [2.45, 2.75) is 0 Å². The van der Waals surface area contributed by atoms with Crippen LogP contribution in [0, 0.1) is 0 Å². The zero-order valence-corrected chi connectivity index (χ0v) is 12.9. The van der Waals surface area contributed by atoms with Crippen LogP contribution in [0.3, 0.4) is 0 Å². The Hall–Kier alpha value is -3.47. The number of hydrogen-bond donors (Lipinski definition) is 2. The van der Waals surface area contributed by atoms with Crippen LogP contribution in [0.2, 0.25) is 0 Å². The number of nitrogens with zero attached hydrogens (tertiary/aromatic N) is 3. The molecule has 0 saturated carbocycles. The van der Waals surface area contributed by atoms with Crippen molar-refractivity contribution in [3.63, 3.8) is 0 Å². The average Bonchev–Trinajstić information content (AvgIpc) is 2.65. The molecule has 3 rings (SSSR count). The fraction of sp³-hybridized carbons (Fsp3) is 0. The molecule has 0 unspecified atom stereocenters. The molecule has 0 bridgehead atoms. The number of hydrazone groups is 1. The summed E-state index contributed by atoms with van der Waals surface area (Å²) in [4.78, 5) is 0. The highest BCUT2D eigenvalue weighted by molar-refractivity contribution is 5.99. The number of benzene rings is 3. The monoisotopic (exact) mass is 316 g/mol. The van der Waals surface area contributed by atoms with E-state index in [4.69, 9.17) is 0 Å². The van der Waals surface area contributed by atoms with Crippen LogP contribution in [0.25, 0.3) is 0 Å². The summed E-state index contributed by atoms with van der Waals surface area (Å²) in [5.41, 5.74) is 5.34. The molecule has 0 radical (unpaired) electrons. The molecular formula is C19H16N4O. The number of rotatable bonds is 4. The van der Waals surface area contributed by atoms with Crippen LogP contribution in [-0.2, 0) is 0 Å². The first-order valence-electron chi connectivity index (χ1n) is 7.46.